The van der Waals surface area contributed by atoms with Crippen LogP contribution in [0.25, 0.3) is 22.9 Å². The molecule has 3 aromatic rings. The van der Waals surface area contributed by atoms with Crippen molar-refractivity contribution in [1.82, 2.24) is 14.7 Å². The summed E-state index contributed by atoms with van der Waals surface area (Å²) in [6.45, 7) is 1.56. The van der Waals surface area contributed by atoms with Crippen LogP contribution >= 0.6 is 0 Å². The van der Waals surface area contributed by atoms with Gasteiger partial charge in [-0.3, -0.25) is 4.79 Å². The fourth-order valence-corrected chi connectivity index (χ4v) is 2.91. The first kappa shape index (κ1) is 18.9. The van der Waals surface area contributed by atoms with E-state index in [2.05, 4.69) is 10.00 Å². The third-order valence-electron chi connectivity index (χ3n) is 4.44. The molecule has 0 amide bonds. The van der Waals surface area contributed by atoms with Gasteiger partial charge in [-0.15, -0.1) is 0 Å². The Morgan fingerprint density at radius 3 is 2.48 bits per heavy atom. The van der Waals surface area contributed by atoms with Gasteiger partial charge in [-0.1, -0.05) is 30.4 Å². The summed E-state index contributed by atoms with van der Waals surface area (Å²) >= 11 is 0. The van der Waals surface area contributed by atoms with E-state index in [9.17, 15) is 4.79 Å². The van der Waals surface area contributed by atoms with Crippen LogP contribution in [0.3, 0.4) is 0 Å². The highest BCUT2D eigenvalue weighted by molar-refractivity contribution is 5.84. The topological polar surface area (TPSA) is 47.4 Å². The van der Waals surface area contributed by atoms with E-state index in [1.54, 1.807) is 18.0 Å². The van der Waals surface area contributed by atoms with Crippen LogP contribution in [0.2, 0.25) is 0 Å². The number of benzene rings is 2. The van der Waals surface area contributed by atoms with Gasteiger partial charge in [0.2, 0.25) is 0 Å². The van der Waals surface area contributed by atoms with E-state index in [0.29, 0.717) is 11.9 Å². The zero-order chi connectivity index (χ0) is 19.2. The van der Waals surface area contributed by atoms with E-state index in [-0.39, 0.29) is 5.56 Å². The summed E-state index contributed by atoms with van der Waals surface area (Å²) < 4.78 is 6.73. The van der Waals surface area contributed by atoms with E-state index >= 15 is 0 Å². The van der Waals surface area contributed by atoms with Gasteiger partial charge < -0.3 is 9.64 Å². The van der Waals surface area contributed by atoms with E-state index < -0.39 is 0 Å². The van der Waals surface area contributed by atoms with Crippen molar-refractivity contribution in [1.29, 1.82) is 0 Å². The maximum absolute atomic E-state index is 12.6. The molecule has 0 radical (unpaired) electrons. The Kier molecular flexibility index (Phi) is 6.04. The van der Waals surface area contributed by atoms with E-state index in [1.807, 2.05) is 68.7 Å². The molecule has 0 aliphatic heterocycles. The molecule has 1 heterocycles. The minimum atomic E-state index is -0.0306. The highest BCUT2D eigenvalue weighted by atomic mass is 16.5. The van der Waals surface area contributed by atoms with E-state index in [0.717, 1.165) is 35.2 Å². The number of aryl methyl sites for hydroxylation is 1. The molecule has 5 heteroatoms. The number of ether oxygens (including phenoxy) is 1. The van der Waals surface area contributed by atoms with Gasteiger partial charge in [0.15, 0.2) is 0 Å². The van der Waals surface area contributed by atoms with Gasteiger partial charge >= 0.3 is 0 Å². The van der Waals surface area contributed by atoms with Crippen molar-refractivity contribution in [2.45, 2.75) is 13.0 Å². The SMILES string of the molecule is COc1ccc(/C=C\c2ccc3c(=O)n(CCCN(C)C)ncc3c2)cc1. The molecule has 0 N–H and O–H groups in total. The van der Waals surface area contributed by atoms with Crippen molar-refractivity contribution in [3.05, 3.63) is 70.1 Å². The summed E-state index contributed by atoms with van der Waals surface area (Å²) in [7, 11) is 5.71. The Balaban J connectivity index is 1.78. The van der Waals surface area contributed by atoms with Gasteiger partial charge in [0.25, 0.3) is 5.56 Å². The summed E-state index contributed by atoms with van der Waals surface area (Å²) in [5, 5.41) is 5.90. The first-order chi connectivity index (χ1) is 13.1. The van der Waals surface area contributed by atoms with Crippen molar-refractivity contribution in [3.63, 3.8) is 0 Å². The first-order valence-corrected chi connectivity index (χ1v) is 9.03. The predicted molar refractivity (Wildman–Crippen MR) is 111 cm³/mol. The number of hydrogen-bond donors (Lipinski definition) is 0. The minimum Gasteiger partial charge on any atom is -0.497 e. The van der Waals surface area contributed by atoms with Crippen LogP contribution in [0.1, 0.15) is 17.5 Å². The lowest BCUT2D eigenvalue weighted by molar-refractivity contribution is 0.378. The molecule has 0 fully saturated rings. The van der Waals surface area contributed by atoms with Gasteiger partial charge in [-0.05, 0) is 62.5 Å². The maximum Gasteiger partial charge on any atom is 0.274 e. The molecular weight excluding hydrogens is 338 g/mol. The number of methoxy groups -OCH3 is 1. The lowest BCUT2D eigenvalue weighted by Crippen LogP contribution is -2.25. The average Bonchev–Trinajstić information content (AvgIpc) is 2.68. The summed E-state index contributed by atoms with van der Waals surface area (Å²) in [5.74, 6) is 0.839. The van der Waals surface area contributed by atoms with Crippen LogP contribution in [-0.2, 0) is 6.54 Å². The number of hydrogen-bond acceptors (Lipinski definition) is 4. The number of fused-ring (bicyclic) bond motifs is 1. The number of rotatable bonds is 7. The molecule has 27 heavy (non-hydrogen) atoms. The molecule has 0 spiro atoms. The van der Waals surface area contributed by atoms with Gasteiger partial charge in [-0.2, -0.15) is 5.10 Å². The molecule has 2 aromatic carbocycles. The number of aromatic nitrogens is 2. The molecular formula is C22H25N3O2. The Morgan fingerprint density at radius 1 is 1.07 bits per heavy atom. The lowest BCUT2D eigenvalue weighted by Gasteiger charge is -2.10. The second-order valence-electron chi connectivity index (χ2n) is 6.78. The third kappa shape index (κ3) is 4.83. The molecule has 0 bridgehead atoms. The summed E-state index contributed by atoms with van der Waals surface area (Å²) in [6.07, 6.45) is 6.74. The molecule has 140 valence electrons. The van der Waals surface area contributed by atoms with Crippen LogP contribution < -0.4 is 10.3 Å². The summed E-state index contributed by atoms with van der Waals surface area (Å²) in [4.78, 5) is 14.7. The monoisotopic (exact) mass is 363 g/mol. The molecule has 0 saturated carbocycles. The maximum atomic E-state index is 12.6. The van der Waals surface area contributed by atoms with Gasteiger partial charge in [0.05, 0.1) is 18.7 Å². The second-order valence-corrected chi connectivity index (χ2v) is 6.78. The van der Waals surface area contributed by atoms with Gasteiger partial charge in [0, 0.05) is 11.9 Å². The van der Waals surface area contributed by atoms with Crippen LogP contribution in [0.5, 0.6) is 5.75 Å². The second kappa shape index (κ2) is 8.64. The largest absolute Gasteiger partial charge is 0.497 e. The lowest BCUT2D eigenvalue weighted by atomic mass is 10.1. The van der Waals surface area contributed by atoms with Crippen LogP contribution in [-0.4, -0.2) is 42.4 Å². The highest BCUT2D eigenvalue weighted by Crippen LogP contribution is 2.16. The van der Waals surface area contributed by atoms with E-state index in [1.165, 1.54) is 0 Å². The first-order valence-electron chi connectivity index (χ1n) is 9.03. The standard InChI is InChI=1S/C22H25N3O2/c1-24(2)13-4-14-25-22(26)21-12-9-18(15-19(21)16-23-25)6-5-17-7-10-20(27-3)11-8-17/h5-12,15-16H,4,13-14H2,1-3H3/b6-5-. The fraction of sp³-hybridized carbons (Fsp3) is 0.273. The zero-order valence-corrected chi connectivity index (χ0v) is 16.1. The fourth-order valence-electron chi connectivity index (χ4n) is 2.91. The molecule has 0 aliphatic rings. The molecule has 0 atom stereocenters. The smallest absolute Gasteiger partial charge is 0.274 e. The third-order valence-corrected chi connectivity index (χ3v) is 4.44. The van der Waals surface area contributed by atoms with Crippen molar-refractivity contribution < 1.29 is 4.74 Å². The van der Waals surface area contributed by atoms with E-state index in [4.69, 9.17) is 4.74 Å². The number of nitrogens with zero attached hydrogens (tertiary/aromatic N) is 3. The quantitative estimate of drug-likeness (QED) is 0.603. The minimum absolute atomic E-state index is 0.0306. The molecule has 1 aromatic heterocycles. The van der Waals surface area contributed by atoms with Crippen LogP contribution in [0.15, 0.2) is 53.5 Å². The highest BCUT2D eigenvalue weighted by Gasteiger charge is 2.05. The molecule has 0 saturated heterocycles. The summed E-state index contributed by atoms with van der Waals surface area (Å²) in [5.41, 5.74) is 2.09. The Bertz CT molecular complexity index is 989. The van der Waals surface area contributed by atoms with Crippen molar-refractivity contribution in [2.75, 3.05) is 27.7 Å². The van der Waals surface area contributed by atoms with Crippen molar-refractivity contribution in [2.24, 2.45) is 0 Å². The zero-order valence-electron chi connectivity index (χ0n) is 16.1. The Hall–Kier alpha value is -2.92. The molecule has 0 unspecified atom stereocenters. The Labute approximate surface area is 159 Å². The van der Waals surface area contributed by atoms with Gasteiger partial charge in [0.1, 0.15) is 5.75 Å². The van der Waals surface area contributed by atoms with Crippen molar-refractivity contribution >= 4 is 22.9 Å². The predicted octanol–water partition coefficient (Wildman–Crippen LogP) is 3.53. The molecule has 5 nitrogen and oxygen atoms in total. The average molecular weight is 363 g/mol. The Morgan fingerprint density at radius 2 is 1.78 bits per heavy atom. The summed E-state index contributed by atoms with van der Waals surface area (Å²) in [6, 6.07) is 13.7. The van der Waals surface area contributed by atoms with Crippen LogP contribution in [0, 0.1) is 0 Å². The van der Waals surface area contributed by atoms with Gasteiger partial charge in [-0.25, -0.2) is 4.68 Å². The van der Waals surface area contributed by atoms with Crippen LogP contribution in [0.4, 0.5) is 0 Å². The molecule has 0 aliphatic carbocycles. The normalized spacial score (nSPS) is 11.6. The molecule has 3 rings (SSSR count). The van der Waals surface area contributed by atoms with Crippen molar-refractivity contribution in [3.8, 4) is 5.75 Å².